The molecular formula is C21H20O6. The summed E-state index contributed by atoms with van der Waals surface area (Å²) in [5.41, 5.74) is 0.965. The van der Waals surface area contributed by atoms with Crippen LogP contribution in [0.2, 0.25) is 0 Å². The molecule has 0 bridgehead atoms. The van der Waals surface area contributed by atoms with Crippen molar-refractivity contribution >= 4 is 10.8 Å². The molecule has 4 rings (SSSR count). The predicted molar refractivity (Wildman–Crippen MR) is 99.5 cm³/mol. The first kappa shape index (κ1) is 17.3. The van der Waals surface area contributed by atoms with Crippen LogP contribution in [-0.4, -0.2) is 31.6 Å². The van der Waals surface area contributed by atoms with Crippen LogP contribution in [0.4, 0.5) is 0 Å². The number of phenolic OH excluding ortho intramolecular Hbond substituents is 4. The van der Waals surface area contributed by atoms with E-state index in [9.17, 15) is 25.5 Å². The molecule has 140 valence electrons. The van der Waals surface area contributed by atoms with Gasteiger partial charge < -0.3 is 30.3 Å². The van der Waals surface area contributed by atoms with Crippen molar-refractivity contribution in [3.05, 3.63) is 53.6 Å². The fourth-order valence-corrected chi connectivity index (χ4v) is 3.96. The second kappa shape index (κ2) is 6.25. The van der Waals surface area contributed by atoms with Crippen molar-refractivity contribution in [1.29, 1.82) is 0 Å². The van der Waals surface area contributed by atoms with Gasteiger partial charge in [-0.25, -0.2) is 0 Å². The normalized spacial score (nSPS) is 21.6. The number of ether oxygens (including phenoxy) is 1. The summed E-state index contributed by atoms with van der Waals surface area (Å²) < 4.78 is 5.96. The topological polar surface area (TPSA) is 110 Å². The van der Waals surface area contributed by atoms with Crippen LogP contribution in [-0.2, 0) is 0 Å². The zero-order valence-corrected chi connectivity index (χ0v) is 14.6. The number of rotatable bonds is 2. The molecule has 5 N–H and O–H groups in total. The summed E-state index contributed by atoms with van der Waals surface area (Å²) in [4.78, 5) is 0. The molecule has 0 spiro atoms. The number of aliphatic hydroxyl groups is 1. The number of benzene rings is 3. The molecule has 6 heteroatoms. The van der Waals surface area contributed by atoms with E-state index in [-0.39, 0.29) is 28.7 Å². The van der Waals surface area contributed by atoms with Gasteiger partial charge in [0.05, 0.1) is 0 Å². The Morgan fingerprint density at radius 2 is 1.63 bits per heavy atom. The molecule has 3 atom stereocenters. The monoisotopic (exact) mass is 368 g/mol. The fourth-order valence-electron chi connectivity index (χ4n) is 3.96. The number of aliphatic hydroxyl groups excluding tert-OH is 1. The van der Waals surface area contributed by atoms with E-state index in [0.717, 1.165) is 0 Å². The first-order valence-corrected chi connectivity index (χ1v) is 8.76. The average molecular weight is 368 g/mol. The van der Waals surface area contributed by atoms with Crippen LogP contribution in [0.3, 0.4) is 0 Å². The Morgan fingerprint density at radius 3 is 2.33 bits per heavy atom. The first-order chi connectivity index (χ1) is 12.9. The summed E-state index contributed by atoms with van der Waals surface area (Å²) in [6, 6.07) is 11.0. The maximum Gasteiger partial charge on any atom is 0.165 e. The molecule has 27 heavy (non-hydrogen) atoms. The molecule has 0 amide bonds. The summed E-state index contributed by atoms with van der Waals surface area (Å²) in [6.45, 7) is 1.89. The number of hydrogen-bond donors (Lipinski definition) is 5. The minimum atomic E-state index is -0.995. The van der Waals surface area contributed by atoms with Crippen molar-refractivity contribution in [2.45, 2.75) is 31.5 Å². The maximum absolute atomic E-state index is 11.0. The highest BCUT2D eigenvalue weighted by molar-refractivity contribution is 5.93. The lowest BCUT2D eigenvalue weighted by Gasteiger charge is -2.37. The van der Waals surface area contributed by atoms with Crippen molar-refractivity contribution in [3.63, 3.8) is 0 Å². The van der Waals surface area contributed by atoms with Crippen molar-refractivity contribution in [2.24, 2.45) is 0 Å². The van der Waals surface area contributed by atoms with E-state index < -0.39 is 18.1 Å². The molecule has 0 saturated heterocycles. The molecule has 1 aliphatic heterocycles. The molecule has 0 radical (unpaired) electrons. The molecule has 3 aromatic rings. The minimum Gasteiger partial charge on any atom is -0.508 e. The van der Waals surface area contributed by atoms with Crippen LogP contribution in [0, 0.1) is 0 Å². The summed E-state index contributed by atoms with van der Waals surface area (Å²) in [7, 11) is 0. The Morgan fingerprint density at radius 1 is 0.926 bits per heavy atom. The van der Waals surface area contributed by atoms with E-state index in [4.69, 9.17) is 4.74 Å². The Labute approximate surface area is 155 Å². The van der Waals surface area contributed by atoms with Crippen LogP contribution < -0.4 is 4.74 Å². The number of phenols is 4. The lowest BCUT2D eigenvalue weighted by Crippen LogP contribution is -2.34. The van der Waals surface area contributed by atoms with Crippen LogP contribution in [0.25, 0.3) is 10.8 Å². The fraction of sp³-hybridized carbons (Fsp3) is 0.238. The highest BCUT2D eigenvalue weighted by atomic mass is 16.5. The number of fused-ring (bicyclic) bond motifs is 2. The van der Waals surface area contributed by atoms with E-state index in [1.807, 2.05) is 6.92 Å². The van der Waals surface area contributed by atoms with Gasteiger partial charge in [0.2, 0.25) is 0 Å². The van der Waals surface area contributed by atoms with E-state index in [1.54, 1.807) is 24.3 Å². The molecule has 0 saturated carbocycles. The average Bonchev–Trinajstić information content (AvgIpc) is 2.65. The second-order valence-corrected chi connectivity index (χ2v) is 6.80. The third-order valence-electron chi connectivity index (χ3n) is 5.23. The van der Waals surface area contributed by atoms with Crippen molar-refractivity contribution in [1.82, 2.24) is 0 Å². The van der Waals surface area contributed by atoms with Gasteiger partial charge in [-0.2, -0.15) is 0 Å². The Hall–Kier alpha value is -3.12. The van der Waals surface area contributed by atoms with Crippen molar-refractivity contribution in [2.75, 3.05) is 0 Å². The SMILES string of the molecule is CCC1c2c(O)cc(O)cc2OC(c2cc(O)c(O)c3ccccc23)C1O. The lowest BCUT2D eigenvalue weighted by molar-refractivity contribution is -0.00166. The quantitative estimate of drug-likeness (QED) is 0.442. The van der Waals surface area contributed by atoms with Gasteiger partial charge in [0, 0.05) is 34.6 Å². The molecule has 0 aromatic heterocycles. The predicted octanol–water partition coefficient (Wildman–Crippen LogP) is 3.65. The van der Waals surface area contributed by atoms with Gasteiger partial charge in [-0.3, -0.25) is 0 Å². The van der Waals surface area contributed by atoms with Crippen molar-refractivity contribution < 1.29 is 30.3 Å². The standard InChI is InChI=1S/C21H20O6/c1-2-11-18-15(23)7-10(22)8-17(18)27-21(20(11)26)14-9-16(24)19(25)13-6-4-3-5-12(13)14/h3-9,11,20-26H,2H2,1H3. The smallest absolute Gasteiger partial charge is 0.165 e. The second-order valence-electron chi connectivity index (χ2n) is 6.80. The first-order valence-electron chi connectivity index (χ1n) is 8.76. The van der Waals surface area contributed by atoms with Gasteiger partial charge in [-0.15, -0.1) is 0 Å². The Bertz CT molecular complexity index is 1030. The summed E-state index contributed by atoms with van der Waals surface area (Å²) >= 11 is 0. The molecular weight excluding hydrogens is 348 g/mol. The summed E-state index contributed by atoms with van der Waals surface area (Å²) in [5, 5.41) is 52.5. The highest BCUT2D eigenvalue weighted by Gasteiger charge is 2.40. The molecule has 0 fully saturated rings. The van der Waals surface area contributed by atoms with E-state index in [2.05, 4.69) is 0 Å². The van der Waals surface area contributed by atoms with Gasteiger partial charge in [0.25, 0.3) is 0 Å². The van der Waals surface area contributed by atoms with Gasteiger partial charge in [-0.1, -0.05) is 31.2 Å². The van der Waals surface area contributed by atoms with Crippen LogP contribution in [0.15, 0.2) is 42.5 Å². The number of hydrogen-bond acceptors (Lipinski definition) is 6. The number of aromatic hydroxyl groups is 4. The Kier molecular flexibility index (Phi) is 4.00. The molecule has 1 heterocycles. The maximum atomic E-state index is 11.0. The molecule has 3 aromatic carbocycles. The lowest BCUT2D eigenvalue weighted by atomic mass is 9.81. The molecule has 6 nitrogen and oxygen atoms in total. The van der Waals surface area contributed by atoms with E-state index >= 15 is 0 Å². The van der Waals surface area contributed by atoms with Crippen molar-refractivity contribution in [3.8, 4) is 28.7 Å². The van der Waals surface area contributed by atoms with E-state index in [1.165, 1.54) is 18.2 Å². The third kappa shape index (κ3) is 2.61. The zero-order chi connectivity index (χ0) is 19.3. The van der Waals surface area contributed by atoms with Crippen LogP contribution in [0.5, 0.6) is 28.7 Å². The Balaban J connectivity index is 1.93. The highest BCUT2D eigenvalue weighted by Crippen LogP contribution is 2.51. The van der Waals surface area contributed by atoms with E-state index in [0.29, 0.717) is 28.3 Å². The van der Waals surface area contributed by atoms with Gasteiger partial charge >= 0.3 is 0 Å². The molecule has 3 unspecified atom stereocenters. The molecule has 0 aliphatic carbocycles. The minimum absolute atomic E-state index is 0.132. The van der Waals surface area contributed by atoms with Gasteiger partial charge in [0.15, 0.2) is 17.6 Å². The third-order valence-corrected chi connectivity index (χ3v) is 5.23. The summed E-state index contributed by atoms with van der Waals surface area (Å²) in [6.07, 6.45) is -1.31. The van der Waals surface area contributed by atoms with Gasteiger partial charge in [-0.05, 0) is 17.9 Å². The summed E-state index contributed by atoms with van der Waals surface area (Å²) in [5.74, 6) is -0.956. The van der Waals surface area contributed by atoms with Crippen LogP contribution in [0.1, 0.15) is 36.5 Å². The largest absolute Gasteiger partial charge is 0.508 e. The molecule has 1 aliphatic rings. The zero-order valence-electron chi connectivity index (χ0n) is 14.6. The van der Waals surface area contributed by atoms with Crippen LogP contribution >= 0.6 is 0 Å². The van der Waals surface area contributed by atoms with Gasteiger partial charge in [0.1, 0.15) is 23.4 Å².